The number of benzene rings is 1. The van der Waals surface area contributed by atoms with E-state index in [1.165, 1.54) is 68.1 Å². The van der Waals surface area contributed by atoms with Crippen LogP contribution in [0, 0.1) is 13.8 Å². The highest BCUT2D eigenvalue weighted by Crippen LogP contribution is 2.14. The number of nitrogens with two attached hydrogens (primary N) is 1. The molecule has 0 saturated carbocycles. The lowest BCUT2D eigenvalue weighted by Gasteiger charge is -2.12. The van der Waals surface area contributed by atoms with Gasteiger partial charge in [0.05, 0.1) is 0 Å². The van der Waals surface area contributed by atoms with E-state index >= 15 is 0 Å². The first-order valence-electron chi connectivity index (χ1n) is 8.45. The minimum Gasteiger partial charge on any atom is -0.327 e. The van der Waals surface area contributed by atoms with Gasteiger partial charge < -0.3 is 5.73 Å². The van der Waals surface area contributed by atoms with E-state index in [2.05, 4.69) is 39.0 Å². The van der Waals surface area contributed by atoms with E-state index < -0.39 is 0 Å². The van der Waals surface area contributed by atoms with Gasteiger partial charge in [-0.1, -0.05) is 70.1 Å². The van der Waals surface area contributed by atoms with Crippen LogP contribution in [0.2, 0.25) is 0 Å². The number of rotatable bonds is 10. The lowest BCUT2D eigenvalue weighted by Crippen LogP contribution is -2.22. The van der Waals surface area contributed by atoms with Gasteiger partial charge in [-0.05, 0) is 43.4 Å². The van der Waals surface area contributed by atoms with Crippen LogP contribution in [-0.2, 0) is 6.42 Å². The lowest BCUT2D eigenvalue weighted by molar-refractivity contribution is 0.528. The average Bonchev–Trinajstić information content (AvgIpc) is 2.42. The largest absolute Gasteiger partial charge is 0.327 e. The van der Waals surface area contributed by atoms with Crippen molar-refractivity contribution in [3.05, 3.63) is 34.9 Å². The zero-order valence-corrected chi connectivity index (χ0v) is 13.8. The Morgan fingerprint density at radius 1 is 0.900 bits per heavy atom. The second-order valence-corrected chi connectivity index (χ2v) is 6.29. The molecule has 0 aromatic heterocycles. The Morgan fingerprint density at radius 3 is 2.20 bits per heavy atom. The topological polar surface area (TPSA) is 26.0 Å². The highest BCUT2D eigenvalue weighted by atomic mass is 14.6. The van der Waals surface area contributed by atoms with Crippen molar-refractivity contribution >= 4 is 0 Å². The van der Waals surface area contributed by atoms with E-state index in [0.717, 1.165) is 6.42 Å². The molecule has 1 nitrogen and oxygen atoms in total. The summed E-state index contributed by atoms with van der Waals surface area (Å²) in [7, 11) is 0. The number of aryl methyl sites for hydroxylation is 2. The van der Waals surface area contributed by atoms with Crippen molar-refractivity contribution in [2.75, 3.05) is 0 Å². The van der Waals surface area contributed by atoms with Crippen molar-refractivity contribution in [2.24, 2.45) is 5.73 Å². The number of unbranched alkanes of at least 4 members (excludes halogenated alkanes) is 6. The van der Waals surface area contributed by atoms with Crippen molar-refractivity contribution < 1.29 is 0 Å². The maximum absolute atomic E-state index is 6.26. The maximum atomic E-state index is 6.26. The SMILES string of the molecule is CCCCCCCCCC(N)Cc1ccc(C)c(C)c1. The van der Waals surface area contributed by atoms with Crippen molar-refractivity contribution in [1.82, 2.24) is 0 Å². The highest BCUT2D eigenvalue weighted by Gasteiger charge is 2.05. The zero-order valence-electron chi connectivity index (χ0n) is 13.8. The molecule has 0 spiro atoms. The summed E-state index contributed by atoms with van der Waals surface area (Å²) in [6.07, 6.45) is 11.8. The Kier molecular flexibility index (Phi) is 8.60. The third kappa shape index (κ3) is 7.09. The highest BCUT2D eigenvalue weighted by molar-refractivity contribution is 5.30. The van der Waals surface area contributed by atoms with Crippen LogP contribution >= 0.6 is 0 Å². The predicted octanol–water partition coefficient (Wildman–Crippen LogP) is 5.31. The summed E-state index contributed by atoms with van der Waals surface area (Å²) in [5.74, 6) is 0. The first-order valence-corrected chi connectivity index (χ1v) is 8.45. The van der Waals surface area contributed by atoms with Gasteiger partial charge in [0.2, 0.25) is 0 Å². The van der Waals surface area contributed by atoms with Crippen LogP contribution in [0.15, 0.2) is 18.2 Å². The monoisotopic (exact) mass is 275 g/mol. The van der Waals surface area contributed by atoms with Crippen LogP contribution in [0.25, 0.3) is 0 Å². The summed E-state index contributed by atoms with van der Waals surface area (Å²) >= 11 is 0. The van der Waals surface area contributed by atoms with Crippen LogP contribution < -0.4 is 5.73 Å². The summed E-state index contributed by atoms with van der Waals surface area (Å²) in [4.78, 5) is 0. The van der Waals surface area contributed by atoms with E-state index in [0.29, 0.717) is 6.04 Å². The molecule has 20 heavy (non-hydrogen) atoms. The normalized spacial score (nSPS) is 12.6. The van der Waals surface area contributed by atoms with Gasteiger partial charge in [0, 0.05) is 6.04 Å². The Labute approximate surface area is 126 Å². The van der Waals surface area contributed by atoms with E-state index in [9.17, 15) is 0 Å². The van der Waals surface area contributed by atoms with Crippen LogP contribution in [-0.4, -0.2) is 6.04 Å². The second-order valence-electron chi connectivity index (χ2n) is 6.29. The smallest absolute Gasteiger partial charge is 0.00793 e. The molecule has 0 bridgehead atoms. The molecule has 0 heterocycles. The van der Waals surface area contributed by atoms with Crippen LogP contribution in [0.1, 0.15) is 75.0 Å². The molecule has 0 amide bonds. The van der Waals surface area contributed by atoms with Crippen LogP contribution in [0.4, 0.5) is 0 Å². The van der Waals surface area contributed by atoms with Crippen LogP contribution in [0.5, 0.6) is 0 Å². The predicted molar refractivity (Wildman–Crippen MR) is 90.2 cm³/mol. The molecule has 1 heteroatoms. The van der Waals surface area contributed by atoms with E-state index in [1.54, 1.807) is 0 Å². The van der Waals surface area contributed by atoms with Gasteiger partial charge >= 0.3 is 0 Å². The molecule has 1 unspecified atom stereocenters. The van der Waals surface area contributed by atoms with E-state index in [-0.39, 0.29) is 0 Å². The summed E-state index contributed by atoms with van der Waals surface area (Å²) in [6.45, 7) is 6.62. The molecule has 1 aromatic rings. The van der Waals surface area contributed by atoms with Gasteiger partial charge in [-0.2, -0.15) is 0 Å². The van der Waals surface area contributed by atoms with Gasteiger partial charge in [-0.25, -0.2) is 0 Å². The third-order valence-corrected chi connectivity index (χ3v) is 4.25. The molecule has 114 valence electrons. The minimum atomic E-state index is 0.327. The maximum Gasteiger partial charge on any atom is 0.00793 e. The second kappa shape index (κ2) is 9.99. The summed E-state index contributed by atoms with van der Waals surface area (Å²) < 4.78 is 0. The Hall–Kier alpha value is -0.820. The first kappa shape index (κ1) is 17.2. The molecule has 1 aromatic carbocycles. The average molecular weight is 275 g/mol. The van der Waals surface area contributed by atoms with Gasteiger partial charge in [0.1, 0.15) is 0 Å². The molecule has 1 atom stereocenters. The van der Waals surface area contributed by atoms with Gasteiger partial charge in [0.15, 0.2) is 0 Å². The van der Waals surface area contributed by atoms with Crippen molar-refractivity contribution in [3.63, 3.8) is 0 Å². The fourth-order valence-corrected chi connectivity index (χ4v) is 2.70. The molecular weight excluding hydrogens is 242 g/mol. The summed E-state index contributed by atoms with van der Waals surface area (Å²) in [5, 5.41) is 0. The van der Waals surface area contributed by atoms with Crippen molar-refractivity contribution in [2.45, 2.75) is 84.6 Å². The molecule has 0 aliphatic carbocycles. The fourth-order valence-electron chi connectivity index (χ4n) is 2.70. The first-order chi connectivity index (χ1) is 9.63. The lowest BCUT2D eigenvalue weighted by atomic mass is 9.98. The molecular formula is C19H33N. The Balaban J connectivity index is 2.13. The number of hydrogen-bond donors (Lipinski definition) is 1. The number of hydrogen-bond acceptors (Lipinski definition) is 1. The fraction of sp³-hybridized carbons (Fsp3) is 0.684. The standard InChI is InChI=1S/C19H33N/c1-4-5-6-7-8-9-10-11-19(20)15-18-13-12-16(2)17(3)14-18/h12-14,19H,4-11,15,20H2,1-3H3. The summed E-state index contributed by atoms with van der Waals surface area (Å²) in [6, 6.07) is 7.06. The molecule has 0 aliphatic heterocycles. The van der Waals surface area contributed by atoms with Crippen molar-refractivity contribution in [3.8, 4) is 0 Å². The summed E-state index contributed by atoms with van der Waals surface area (Å²) in [5.41, 5.74) is 10.4. The molecule has 0 aliphatic rings. The van der Waals surface area contributed by atoms with Gasteiger partial charge in [-0.3, -0.25) is 0 Å². The zero-order chi connectivity index (χ0) is 14.8. The quantitative estimate of drug-likeness (QED) is 0.575. The molecule has 0 fully saturated rings. The molecule has 2 N–H and O–H groups in total. The molecule has 0 saturated heterocycles. The molecule has 1 rings (SSSR count). The Morgan fingerprint density at radius 2 is 1.55 bits per heavy atom. The minimum absolute atomic E-state index is 0.327. The van der Waals surface area contributed by atoms with Gasteiger partial charge in [-0.15, -0.1) is 0 Å². The van der Waals surface area contributed by atoms with E-state index in [4.69, 9.17) is 5.73 Å². The third-order valence-electron chi connectivity index (χ3n) is 4.25. The Bertz CT molecular complexity index is 370. The molecule has 0 radical (unpaired) electrons. The van der Waals surface area contributed by atoms with Crippen molar-refractivity contribution in [1.29, 1.82) is 0 Å². The van der Waals surface area contributed by atoms with E-state index in [1.807, 2.05) is 0 Å². The van der Waals surface area contributed by atoms with Gasteiger partial charge in [0.25, 0.3) is 0 Å². The van der Waals surface area contributed by atoms with Crippen LogP contribution in [0.3, 0.4) is 0 Å².